The van der Waals surface area contributed by atoms with E-state index >= 15 is 0 Å². The van der Waals surface area contributed by atoms with E-state index in [0.29, 0.717) is 16.9 Å². The highest BCUT2D eigenvalue weighted by Gasteiger charge is 2.50. The van der Waals surface area contributed by atoms with Gasteiger partial charge in [-0.05, 0) is 47.9 Å². The Morgan fingerprint density at radius 2 is 1.95 bits per heavy atom. The van der Waals surface area contributed by atoms with Crippen molar-refractivity contribution in [2.45, 2.75) is 52.6 Å². The molecule has 3 heteroatoms. The maximum Gasteiger partial charge on any atom is 0.169 e. The highest BCUT2D eigenvalue weighted by atomic mass is 32.1. The quantitative estimate of drug-likeness (QED) is 0.832. The number of rotatable bonds is 2. The molecule has 2 bridgehead atoms. The molecule has 114 valence electrons. The summed E-state index contributed by atoms with van der Waals surface area (Å²) in [6.45, 7) is 9.17. The van der Waals surface area contributed by atoms with Crippen LogP contribution in [0.15, 0.2) is 30.3 Å². The zero-order valence-corrected chi connectivity index (χ0v) is 14.2. The van der Waals surface area contributed by atoms with Gasteiger partial charge in [0.05, 0.1) is 0 Å². The smallest absolute Gasteiger partial charge is 0.169 e. The van der Waals surface area contributed by atoms with Crippen molar-refractivity contribution in [3.8, 4) is 0 Å². The number of benzene rings is 1. The molecule has 0 spiro atoms. The molecule has 1 aromatic carbocycles. The van der Waals surface area contributed by atoms with Gasteiger partial charge in [0.15, 0.2) is 5.11 Å². The molecule has 0 radical (unpaired) electrons. The molecule has 3 rings (SSSR count). The lowest BCUT2D eigenvalue weighted by atomic mass is 9.65. The van der Waals surface area contributed by atoms with Crippen molar-refractivity contribution in [2.24, 2.45) is 10.8 Å². The van der Waals surface area contributed by atoms with Crippen LogP contribution in [-0.4, -0.2) is 22.6 Å². The van der Waals surface area contributed by atoms with E-state index in [1.165, 1.54) is 24.8 Å². The largest absolute Gasteiger partial charge is 0.358 e. The first kappa shape index (κ1) is 14.8. The van der Waals surface area contributed by atoms with Crippen LogP contribution in [0, 0.1) is 10.8 Å². The van der Waals surface area contributed by atoms with Gasteiger partial charge in [-0.3, -0.25) is 0 Å². The summed E-state index contributed by atoms with van der Waals surface area (Å²) in [5.41, 5.74) is 2.17. The highest BCUT2D eigenvalue weighted by molar-refractivity contribution is 7.80. The van der Waals surface area contributed by atoms with Crippen molar-refractivity contribution >= 4 is 17.3 Å². The minimum absolute atomic E-state index is 0.435. The van der Waals surface area contributed by atoms with Gasteiger partial charge in [-0.25, -0.2) is 0 Å². The van der Waals surface area contributed by atoms with Crippen molar-refractivity contribution in [1.29, 1.82) is 0 Å². The molecule has 0 amide bonds. The molecular weight excluding hydrogens is 276 g/mol. The Morgan fingerprint density at radius 3 is 2.67 bits per heavy atom. The summed E-state index contributed by atoms with van der Waals surface area (Å²) in [6, 6.07) is 11.1. The van der Waals surface area contributed by atoms with Crippen LogP contribution in [0.2, 0.25) is 0 Å². The summed E-state index contributed by atoms with van der Waals surface area (Å²) in [7, 11) is 0. The monoisotopic (exact) mass is 302 g/mol. The number of likely N-dealkylation sites (tertiary alicyclic amines) is 1. The van der Waals surface area contributed by atoms with E-state index in [1.807, 2.05) is 6.07 Å². The lowest BCUT2D eigenvalue weighted by Gasteiger charge is -2.39. The van der Waals surface area contributed by atoms with E-state index in [4.69, 9.17) is 12.2 Å². The zero-order chi connectivity index (χ0) is 15.1. The molecule has 2 fully saturated rings. The summed E-state index contributed by atoms with van der Waals surface area (Å²) in [5, 5.41) is 4.39. The minimum atomic E-state index is 0.435. The van der Waals surface area contributed by atoms with E-state index in [-0.39, 0.29) is 0 Å². The van der Waals surface area contributed by atoms with Crippen LogP contribution in [0.1, 0.15) is 45.6 Å². The molecule has 0 aromatic heterocycles. The first-order chi connectivity index (χ1) is 9.87. The minimum Gasteiger partial charge on any atom is -0.358 e. The lowest BCUT2D eigenvalue weighted by molar-refractivity contribution is 0.132. The second-order valence-electron chi connectivity index (χ2n) is 7.99. The van der Waals surface area contributed by atoms with E-state index in [2.05, 4.69) is 55.3 Å². The summed E-state index contributed by atoms with van der Waals surface area (Å²) in [4.78, 5) is 2.45. The Labute approximate surface area is 133 Å². The summed E-state index contributed by atoms with van der Waals surface area (Å²) >= 11 is 5.68. The molecule has 1 N–H and O–H groups in total. The van der Waals surface area contributed by atoms with E-state index in [1.54, 1.807) is 0 Å². The van der Waals surface area contributed by atoms with Crippen molar-refractivity contribution in [2.75, 3.05) is 6.54 Å². The van der Waals surface area contributed by atoms with Crippen molar-refractivity contribution in [1.82, 2.24) is 10.2 Å². The second kappa shape index (κ2) is 5.28. The van der Waals surface area contributed by atoms with Crippen molar-refractivity contribution in [3.63, 3.8) is 0 Å². The van der Waals surface area contributed by atoms with Gasteiger partial charge in [-0.15, -0.1) is 0 Å². The molecule has 2 nitrogen and oxygen atoms in total. The third-order valence-electron chi connectivity index (χ3n) is 4.96. The molecule has 1 aliphatic heterocycles. The van der Waals surface area contributed by atoms with Crippen LogP contribution in [-0.2, 0) is 6.54 Å². The van der Waals surface area contributed by atoms with Gasteiger partial charge in [-0.1, -0.05) is 51.1 Å². The van der Waals surface area contributed by atoms with Gasteiger partial charge in [0.2, 0.25) is 0 Å². The van der Waals surface area contributed by atoms with Gasteiger partial charge in [-0.2, -0.15) is 0 Å². The SMILES string of the molecule is CC1(C)C[C@H]2C[C@](C)(CN2C(=S)NCc2ccccc2)C1. The van der Waals surface area contributed by atoms with Crippen molar-refractivity contribution < 1.29 is 0 Å². The average molecular weight is 302 g/mol. The molecule has 1 saturated carbocycles. The second-order valence-corrected chi connectivity index (χ2v) is 8.37. The summed E-state index contributed by atoms with van der Waals surface area (Å²) < 4.78 is 0. The molecular formula is C18H26N2S. The van der Waals surface area contributed by atoms with Crippen LogP contribution < -0.4 is 5.32 Å². The van der Waals surface area contributed by atoms with Gasteiger partial charge >= 0.3 is 0 Å². The fourth-order valence-corrected chi connectivity index (χ4v) is 4.86. The Morgan fingerprint density at radius 1 is 1.24 bits per heavy atom. The molecule has 1 aromatic rings. The number of thiocarbonyl (C=S) groups is 1. The first-order valence-electron chi connectivity index (χ1n) is 7.95. The van der Waals surface area contributed by atoms with Crippen LogP contribution >= 0.6 is 12.2 Å². The highest BCUT2D eigenvalue weighted by Crippen LogP contribution is 2.52. The van der Waals surface area contributed by atoms with Crippen molar-refractivity contribution in [3.05, 3.63) is 35.9 Å². The molecule has 0 unspecified atom stereocenters. The van der Waals surface area contributed by atoms with E-state index in [0.717, 1.165) is 18.2 Å². The van der Waals surface area contributed by atoms with Crippen LogP contribution in [0.4, 0.5) is 0 Å². The van der Waals surface area contributed by atoms with Gasteiger partial charge in [0.25, 0.3) is 0 Å². The normalized spacial score (nSPS) is 30.2. The maximum atomic E-state index is 5.68. The number of fused-ring (bicyclic) bond motifs is 2. The van der Waals surface area contributed by atoms with E-state index < -0.39 is 0 Å². The molecule has 1 heterocycles. The van der Waals surface area contributed by atoms with Gasteiger partial charge in [0, 0.05) is 19.1 Å². The molecule has 21 heavy (non-hydrogen) atoms. The molecule has 2 atom stereocenters. The number of nitrogens with one attached hydrogen (secondary N) is 1. The number of hydrogen-bond donors (Lipinski definition) is 1. The number of nitrogens with zero attached hydrogens (tertiary/aromatic N) is 1. The first-order valence-corrected chi connectivity index (χ1v) is 8.36. The third-order valence-corrected chi connectivity index (χ3v) is 5.34. The molecule has 1 aliphatic carbocycles. The predicted octanol–water partition coefficient (Wildman–Crippen LogP) is 3.96. The maximum absolute atomic E-state index is 5.68. The lowest BCUT2D eigenvalue weighted by Crippen LogP contribution is -2.43. The Hall–Kier alpha value is -1.09. The average Bonchev–Trinajstić information content (AvgIpc) is 2.66. The van der Waals surface area contributed by atoms with Gasteiger partial charge < -0.3 is 10.2 Å². The van der Waals surface area contributed by atoms with Gasteiger partial charge in [0.1, 0.15) is 0 Å². The fourth-order valence-electron chi connectivity index (χ4n) is 4.57. The standard InChI is InChI=1S/C18H26N2S/c1-17(2)9-15-10-18(3,12-17)13-20(15)16(21)19-11-14-7-5-4-6-8-14/h4-8,15H,9-13H2,1-3H3,(H,19,21)/t15-,18-/m0/s1. The third kappa shape index (κ3) is 3.23. The Balaban J connectivity index is 1.64. The van der Waals surface area contributed by atoms with Crippen LogP contribution in [0.5, 0.6) is 0 Å². The zero-order valence-electron chi connectivity index (χ0n) is 13.4. The summed E-state index contributed by atoms with van der Waals surface area (Å²) in [5.74, 6) is 0. The fraction of sp³-hybridized carbons (Fsp3) is 0.611. The number of hydrogen-bond acceptors (Lipinski definition) is 1. The molecule has 1 saturated heterocycles. The Bertz CT molecular complexity index is 525. The Kier molecular flexibility index (Phi) is 3.73. The van der Waals surface area contributed by atoms with Crippen LogP contribution in [0.25, 0.3) is 0 Å². The predicted molar refractivity (Wildman–Crippen MR) is 92.1 cm³/mol. The van der Waals surface area contributed by atoms with E-state index in [9.17, 15) is 0 Å². The van der Waals surface area contributed by atoms with Crippen LogP contribution in [0.3, 0.4) is 0 Å². The topological polar surface area (TPSA) is 15.3 Å². The summed E-state index contributed by atoms with van der Waals surface area (Å²) in [6.07, 6.45) is 3.87. The molecule has 2 aliphatic rings.